The van der Waals surface area contributed by atoms with Crippen LogP contribution in [0.4, 0.5) is 0 Å². The summed E-state index contributed by atoms with van der Waals surface area (Å²) >= 11 is 0. The Morgan fingerprint density at radius 2 is 1.11 bits per heavy atom. The molecule has 0 unspecified atom stereocenters. The third-order valence-corrected chi connectivity index (χ3v) is 3.55. The van der Waals surface area contributed by atoms with Crippen molar-refractivity contribution < 1.29 is 0 Å². The normalized spacial score (nSPS) is 18.4. The van der Waals surface area contributed by atoms with Crippen LogP contribution in [0.25, 0.3) is 0 Å². The van der Waals surface area contributed by atoms with Crippen molar-refractivity contribution in [2.45, 2.75) is 12.1 Å². The van der Waals surface area contributed by atoms with Gasteiger partial charge in [0.25, 0.3) is 0 Å². The Hall–Kier alpha value is -1.64. The van der Waals surface area contributed by atoms with Crippen molar-refractivity contribution in [3.8, 4) is 0 Å². The highest BCUT2D eigenvalue weighted by molar-refractivity contribution is 5.38. The second-order valence-electron chi connectivity index (χ2n) is 4.69. The first kappa shape index (κ1) is 11.5. The highest BCUT2D eigenvalue weighted by Gasteiger charge is 2.34. The first-order valence-electron chi connectivity index (χ1n) is 6.53. The van der Waals surface area contributed by atoms with Gasteiger partial charge in [0, 0.05) is 0 Å². The minimum absolute atomic E-state index is 0.235. The fourth-order valence-corrected chi connectivity index (χ4v) is 2.65. The lowest BCUT2D eigenvalue weighted by Crippen LogP contribution is -2.59. The highest BCUT2D eigenvalue weighted by Crippen LogP contribution is 2.28. The van der Waals surface area contributed by atoms with E-state index in [1.54, 1.807) is 0 Å². The molecule has 0 amide bonds. The molecule has 0 aromatic heterocycles. The lowest BCUT2D eigenvalue weighted by molar-refractivity contribution is 0.275. The Morgan fingerprint density at radius 3 is 1.56 bits per heavy atom. The first-order chi connectivity index (χ1) is 8.92. The van der Waals surface area contributed by atoms with Gasteiger partial charge in [0.2, 0.25) is 0 Å². The van der Waals surface area contributed by atoms with E-state index in [0.29, 0.717) is 0 Å². The summed E-state index contributed by atoms with van der Waals surface area (Å²) in [7, 11) is 0. The van der Waals surface area contributed by atoms with Crippen molar-refractivity contribution in [2.75, 3.05) is 13.1 Å². The minimum atomic E-state index is -0.235. The summed E-state index contributed by atoms with van der Waals surface area (Å²) in [5, 5.41) is 7.31. The Kier molecular flexibility index (Phi) is 3.13. The molecule has 0 radical (unpaired) electrons. The molecule has 0 aliphatic carbocycles. The highest BCUT2D eigenvalue weighted by atomic mass is 15.2. The largest absolute Gasteiger partial charge is 0.292 e. The third-order valence-electron chi connectivity index (χ3n) is 3.55. The minimum Gasteiger partial charge on any atom is -0.292 e. The van der Waals surface area contributed by atoms with E-state index in [9.17, 15) is 0 Å². The predicted molar refractivity (Wildman–Crippen MR) is 74.3 cm³/mol. The average Bonchev–Trinajstić information content (AvgIpc) is 2.50. The van der Waals surface area contributed by atoms with E-state index < -0.39 is 0 Å². The number of hydrogen-bond donors (Lipinski definition) is 2. The SMILES string of the molecule is c1ccc(C2(c3ccccc3)NCCCN2)cc1. The monoisotopic (exact) mass is 238 g/mol. The van der Waals surface area contributed by atoms with E-state index in [0.717, 1.165) is 13.1 Å². The van der Waals surface area contributed by atoms with Gasteiger partial charge in [-0.3, -0.25) is 10.6 Å². The van der Waals surface area contributed by atoms with Crippen LogP contribution < -0.4 is 10.6 Å². The molecule has 3 rings (SSSR count). The van der Waals surface area contributed by atoms with Crippen molar-refractivity contribution >= 4 is 0 Å². The van der Waals surface area contributed by atoms with E-state index in [4.69, 9.17) is 0 Å². The number of nitrogens with one attached hydrogen (secondary N) is 2. The fourth-order valence-electron chi connectivity index (χ4n) is 2.65. The third kappa shape index (κ3) is 1.94. The zero-order valence-electron chi connectivity index (χ0n) is 10.4. The van der Waals surface area contributed by atoms with Crippen LogP contribution in [0.2, 0.25) is 0 Å². The molecule has 1 aliphatic rings. The van der Waals surface area contributed by atoms with Crippen LogP contribution in [0, 0.1) is 0 Å². The van der Waals surface area contributed by atoms with E-state index in [1.807, 2.05) is 0 Å². The van der Waals surface area contributed by atoms with Crippen molar-refractivity contribution in [2.24, 2.45) is 0 Å². The maximum Gasteiger partial charge on any atom is 0.121 e. The Bertz CT molecular complexity index is 446. The topological polar surface area (TPSA) is 24.1 Å². The molecule has 0 atom stereocenters. The summed E-state index contributed by atoms with van der Waals surface area (Å²) in [6.07, 6.45) is 1.17. The quantitative estimate of drug-likeness (QED) is 0.840. The molecule has 92 valence electrons. The van der Waals surface area contributed by atoms with E-state index in [1.165, 1.54) is 17.5 Å². The average molecular weight is 238 g/mol. The van der Waals surface area contributed by atoms with Crippen molar-refractivity contribution in [1.29, 1.82) is 0 Å². The molecular formula is C16H18N2. The van der Waals surface area contributed by atoms with Gasteiger partial charge in [-0.05, 0) is 30.6 Å². The Morgan fingerprint density at radius 1 is 0.667 bits per heavy atom. The van der Waals surface area contributed by atoms with Crippen LogP contribution in [0.5, 0.6) is 0 Å². The zero-order chi connectivity index (χ0) is 12.3. The molecule has 0 saturated carbocycles. The summed E-state index contributed by atoms with van der Waals surface area (Å²) in [5.74, 6) is 0. The molecule has 1 saturated heterocycles. The van der Waals surface area contributed by atoms with Gasteiger partial charge in [-0.2, -0.15) is 0 Å². The van der Waals surface area contributed by atoms with Crippen LogP contribution in [-0.4, -0.2) is 13.1 Å². The van der Waals surface area contributed by atoms with E-state index in [2.05, 4.69) is 71.3 Å². The smallest absolute Gasteiger partial charge is 0.121 e. The van der Waals surface area contributed by atoms with Crippen LogP contribution in [0.3, 0.4) is 0 Å². The molecular weight excluding hydrogens is 220 g/mol. The van der Waals surface area contributed by atoms with Crippen LogP contribution in [-0.2, 0) is 5.66 Å². The fraction of sp³-hybridized carbons (Fsp3) is 0.250. The van der Waals surface area contributed by atoms with Crippen LogP contribution in [0.1, 0.15) is 17.5 Å². The predicted octanol–water partition coefficient (Wildman–Crippen LogP) is 2.47. The maximum absolute atomic E-state index is 3.65. The second kappa shape index (κ2) is 4.92. The van der Waals surface area contributed by atoms with Gasteiger partial charge in [-0.25, -0.2) is 0 Å². The standard InChI is InChI=1S/C16H18N2/c1-3-8-14(9-4-1)16(17-12-7-13-18-16)15-10-5-2-6-11-15/h1-6,8-11,17-18H,7,12-13H2. The molecule has 2 nitrogen and oxygen atoms in total. The maximum atomic E-state index is 3.65. The molecule has 1 heterocycles. The first-order valence-corrected chi connectivity index (χ1v) is 6.53. The molecule has 2 aromatic rings. The summed E-state index contributed by atoms with van der Waals surface area (Å²) in [6, 6.07) is 21.2. The molecule has 2 heteroatoms. The van der Waals surface area contributed by atoms with Gasteiger partial charge < -0.3 is 0 Å². The molecule has 0 spiro atoms. The van der Waals surface area contributed by atoms with Crippen LogP contribution >= 0.6 is 0 Å². The van der Waals surface area contributed by atoms with E-state index >= 15 is 0 Å². The number of hydrogen-bond acceptors (Lipinski definition) is 2. The van der Waals surface area contributed by atoms with Gasteiger partial charge in [-0.15, -0.1) is 0 Å². The van der Waals surface area contributed by atoms with Gasteiger partial charge >= 0.3 is 0 Å². The summed E-state index contributed by atoms with van der Waals surface area (Å²) < 4.78 is 0. The van der Waals surface area contributed by atoms with Gasteiger partial charge in [0.15, 0.2) is 0 Å². The molecule has 1 fully saturated rings. The van der Waals surface area contributed by atoms with Gasteiger partial charge in [0.1, 0.15) is 5.66 Å². The number of benzene rings is 2. The summed E-state index contributed by atoms with van der Waals surface area (Å²) in [4.78, 5) is 0. The Labute approximate surface area is 108 Å². The van der Waals surface area contributed by atoms with Crippen molar-refractivity contribution in [3.63, 3.8) is 0 Å². The number of rotatable bonds is 2. The lowest BCUT2D eigenvalue weighted by Gasteiger charge is -2.40. The lowest BCUT2D eigenvalue weighted by atomic mass is 9.89. The molecule has 0 bridgehead atoms. The van der Waals surface area contributed by atoms with Crippen molar-refractivity contribution in [1.82, 2.24) is 10.6 Å². The van der Waals surface area contributed by atoms with E-state index in [-0.39, 0.29) is 5.66 Å². The summed E-state index contributed by atoms with van der Waals surface area (Å²) in [6.45, 7) is 2.08. The van der Waals surface area contributed by atoms with Gasteiger partial charge in [0.05, 0.1) is 0 Å². The Balaban J connectivity index is 2.10. The van der Waals surface area contributed by atoms with Crippen LogP contribution in [0.15, 0.2) is 60.7 Å². The second-order valence-corrected chi connectivity index (χ2v) is 4.69. The molecule has 2 N–H and O–H groups in total. The van der Waals surface area contributed by atoms with Gasteiger partial charge in [-0.1, -0.05) is 60.7 Å². The van der Waals surface area contributed by atoms with Crippen molar-refractivity contribution in [3.05, 3.63) is 71.8 Å². The summed E-state index contributed by atoms with van der Waals surface area (Å²) in [5.41, 5.74) is 2.31. The molecule has 18 heavy (non-hydrogen) atoms. The molecule has 1 aliphatic heterocycles. The molecule has 2 aromatic carbocycles. The zero-order valence-corrected chi connectivity index (χ0v) is 10.4.